The maximum atomic E-state index is 14.0. The van der Waals surface area contributed by atoms with Crippen molar-refractivity contribution in [2.24, 2.45) is 0 Å². The van der Waals surface area contributed by atoms with Crippen molar-refractivity contribution in [2.75, 3.05) is 36.4 Å². The third-order valence-electron chi connectivity index (χ3n) is 5.52. The molecule has 0 saturated carbocycles. The van der Waals surface area contributed by atoms with Crippen molar-refractivity contribution in [3.63, 3.8) is 0 Å². The minimum absolute atomic E-state index is 0.0878. The van der Waals surface area contributed by atoms with Crippen molar-refractivity contribution in [3.8, 4) is 0 Å². The number of nitrogens with zero attached hydrogens (tertiary/aromatic N) is 3. The molecule has 0 aliphatic carbocycles. The molecule has 170 valence electrons. The second-order valence-electron chi connectivity index (χ2n) is 7.87. The first-order valence-electron chi connectivity index (χ1n) is 10.8. The summed E-state index contributed by atoms with van der Waals surface area (Å²) in [5.74, 6) is -0.628. The van der Waals surface area contributed by atoms with E-state index in [1.807, 2.05) is 6.07 Å². The molecule has 1 aliphatic heterocycles. The van der Waals surface area contributed by atoms with E-state index >= 15 is 0 Å². The average Bonchev–Trinajstić information content (AvgIpc) is 3.07. The Bertz CT molecular complexity index is 1120. The Morgan fingerprint density at radius 1 is 0.909 bits per heavy atom. The molecular weight excluding hydrogens is 426 g/mol. The number of benzene rings is 2. The van der Waals surface area contributed by atoms with Crippen molar-refractivity contribution in [1.82, 2.24) is 9.88 Å². The van der Waals surface area contributed by atoms with Gasteiger partial charge in [0.25, 0.3) is 5.91 Å². The molecule has 1 N–H and O–H groups in total. The van der Waals surface area contributed by atoms with Gasteiger partial charge < -0.3 is 15.1 Å². The molecule has 3 aromatic rings. The number of halogens is 2. The van der Waals surface area contributed by atoms with Crippen LogP contribution in [0.15, 0.2) is 66.9 Å². The number of hydrogen-bond donors (Lipinski definition) is 1. The van der Waals surface area contributed by atoms with Crippen LogP contribution < -0.4 is 10.2 Å². The highest BCUT2D eigenvalue weighted by molar-refractivity contribution is 5.94. The lowest BCUT2D eigenvalue weighted by atomic mass is 10.1. The third kappa shape index (κ3) is 5.71. The highest BCUT2D eigenvalue weighted by atomic mass is 19.1. The molecule has 0 bridgehead atoms. The molecule has 1 fully saturated rings. The number of anilines is 2. The van der Waals surface area contributed by atoms with Crippen molar-refractivity contribution in [1.29, 1.82) is 0 Å². The molecule has 2 amide bonds. The lowest BCUT2D eigenvalue weighted by Gasteiger charge is -2.23. The molecule has 1 saturated heterocycles. The number of pyridine rings is 1. The van der Waals surface area contributed by atoms with E-state index in [1.165, 1.54) is 24.3 Å². The fourth-order valence-electron chi connectivity index (χ4n) is 3.79. The van der Waals surface area contributed by atoms with Crippen LogP contribution in [0.4, 0.5) is 20.3 Å². The molecule has 0 atom stereocenters. The highest BCUT2D eigenvalue weighted by Crippen LogP contribution is 2.18. The predicted molar refractivity (Wildman–Crippen MR) is 122 cm³/mol. The maximum Gasteiger partial charge on any atom is 0.256 e. The number of rotatable bonds is 5. The van der Waals surface area contributed by atoms with E-state index in [0.717, 1.165) is 17.8 Å². The summed E-state index contributed by atoms with van der Waals surface area (Å²) in [4.78, 5) is 33.1. The molecule has 0 unspecified atom stereocenters. The Labute approximate surface area is 190 Å². The van der Waals surface area contributed by atoms with Crippen LogP contribution in [-0.4, -0.2) is 47.9 Å². The fourth-order valence-corrected chi connectivity index (χ4v) is 3.79. The van der Waals surface area contributed by atoms with E-state index in [-0.39, 0.29) is 29.6 Å². The molecule has 0 spiro atoms. The van der Waals surface area contributed by atoms with Crippen LogP contribution in [0.1, 0.15) is 22.3 Å². The standard InChI is InChI=1S/C25H24F2N4O2/c26-19-8-6-18(7-9-19)16-24(32)29-20-10-11-23(28-17-20)30-12-3-13-31(15-14-30)25(33)21-4-1-2-5-22(21)27/h1-2,4-11,17H,3,12-16H2,(H,29,32). The normalized spacial score (nSPS) is 14.0. The van der Waals surface area contributed by atoms with Gasteiger partial charge in [0.1, 0.15) is 17.5 Å². The average molecular weight is 450 g/mol. The highest BCUT2D eigenvalue weighted by Gasteiger charge is 2.22. The first-order chi connectivity index (χ1) is 16.0. The number of hydrogen-bond acceptors (Lipinski definition) is 4. The summed E-state index contributed by atoms with van der Waals surface area (Å²) in [6, 6.07) is 15.4. The first kappa shape index (κ1) is 22.4. The minimum atomic E-state index is -0.512. The van der Waals surface area contributed by atoms with E-state index in [9.17, 15) is 18.4 Å². The Hall–Kier alpha value is -3.81. The van der Waals surface area contributed by atoms with Gasteiger partial charge in [0.15, 0.2) is 0 Å². The van der Waals surface area contributed by atoms with Gasteiger partial charge >= 0.3 is 0 Å². The SMILES string of the molecule is O=C(Cc1ccc(F)cc1)Nc1ccc(N2CCCN(C(=O)c3ccccc3F)CC2)nc1. The summed E-state index contributed by atoms with van der Waals surface area (Å²) in [5, 5.41) is 2.79. The zero-order valence-electron chi connectivity index (χ0n) is 18.0. The Morgan fingerprint density at radius 2 is 1.70 bits per heavy atom. The zero-order chi connectivity index (χ0) is 23.2. The van der Waals surface area contributed by atoms with Crippen molar-refractivity contribution >= 4 is 23.3 Å². The number of aromatic nitrogens is 1. The first-order valence-corrected chi connectivity index (χ1v) is 10.8. The lowest BCUT2D eigenvalue weighted by Crippen LogP contribution is -2.35. The summed E-state index contributed by atoms with van der Waals surface area (Å²) < 4.78 is 27.0. The van der Waals surface area contributed by atoms with Crippen molar-refractivity contribution < 1.29 is 18.4 Å². The number of amides is 2. The van der Waals surface area contributed by atoms with Crippen molar-refractivity contribution in [3.05, 3.63) is 89.6 Å². The van der Waals surface area contributed by atoms with E-state index < -0.39 is 5.82 Å². The number of carbonyl (C=O) groups is 2. The molecule has 2 aromatic carbocycles. The summed E-state index contributed by atoms with van der Waals surface area (Å²) >= 11 is 0. The molecule has 0 radical (unpaired) electrons. The quantitative estimate of drug-likeness (QED) is 0.641. The van der Waals surface area contributed by atoms with Crippen LogP contribution in [0.3, 0.4) is 0 Å². The van der Waals surface area contributed by atoms with Gasteiger partial charge in [-0.1, -0.05) is 24.3 Å². The van der Waals surface area contributed by atoms with E-state index in [2.05, 4.69) is 15.2 Å². The summed E-state index contributed by atoms with van der Waals surface area (Å²) in [6.07, 6.45) is 2.46. The predicted octanol–water partition coefficient (Wildman–Crippen LogP) is 3.89. The minimum Gasteiger partial charge on any atom is -0.355 e. The van der Waals surface area contributed by atoms with Crippen LogP contribution in [-0.2, 0) is 11.2 Å². The van der Waals surface area contributed by atoms with Crippen molar-refractivity contribution in [2.45, 2.75) is 12.8 Å². The van der Waals surface area contributed by atoms with Crippen LogP contribution in [0.5, 0.6) is 0 Å². The van der Waals surface area contributed by atoms with Gasteiger partial charge in [0, 0.05) is 26.2 Å². The fraction of sp³-hybridized carbons (Fsp3) is 0.240. The second-order valence-corrected chi connectivity index (χ2v) is 7.87. The van der Waals surface area contributed by atoms with Gasteiger partial charge in [-0.3, -0.25) is 9.59 Å². The zero-order valence-corrected chi connectivity index (χ0v) is 18.0. The van der Waals surface area contributed by atoms with Gasteiger partial charge in [0.2, 0.25) is 5.91 Å². The van der Waals surface area contributed by atoms with Crippen LogP contribution in [0, 0.1) is 11.6 Å². The lowest BCUT2D eigenvalue weighted by molar-refractivity contribution is -0.115. The molecule has 33 heavy (non-hydrogen) atoms. The molecule has 2 heterocycles. The van der Waals surface area contributed by atoms with E-state index in [1.54, 1.807) is 41.4 Å². The topological polar surface area (TPSA) is 65.5 Å². The third-order valence-corrected chi connectivity index (χ3v) is 5.52. The molecule has 6 nitrogen and oxygen atoms in total. The van der Waals surface area contributed by atoms with Gasteiger partial charge in [-0.05, 0) is 48.4 Å². The van der Waals surface area contributed by atoms with Gasteiger partial charge in [-0.25, -0.2) is 13.8 Å². The van der Waals surface area contributed by atoms with E-state index in [0.29, 0.717) is 31.9 Å². The van der Waals surface area contributed by atoms with Gasteiger partial charge in [-0.2, -0.15) is 0 Å². The summed E-state index contributed by atoms with van der Waals surface area (Å²) in [6.45, 7) is 2.29. The maximum absolute atomic E-state index is 14.0. The van der Waals surface area contributed by atoms with Crippen LogP contribution in [0.25, 0.3) is 0 Å². The number of carbonyl (C=O) groups excluding carboxylic acids is 2. The largest absolute Gasteiger partial charge is 0.355 e. The Balaban J connectivity index is 1.33. The molecule has 1 aliphatic rings. The summed E-state index contributed by atoms with van der Waals surface area (Å²) in [7, 11) is 0. The second kappa shape index (κ2) is 10.2. The summed E-state index contributed by atoms with van der Waals surface area (Å²) in [5.41, 5.74) is 1.37. The molecular formula is C25H24F2N4O2. The molecule has 1 aromatic heterocycles. The number of nitrogens with one attached hydrogen (secondary N) is 1. The molecule has 4 rings (SSSR count). The van der Waals surface area contributed by atoms with E-state index in [4.69, 9.17) is 0 Å². The Kier molecular flexibility index (Phi) is 6.92. The van der Waals surface area contributed by atoms with Crippen LogP contribution >= 0.6 is 0 Å². The van der Waals surface area contributed by atoms with Crippen LogP contribution in [0.2, 0.25) is 0 Å². The Morgan fingerprint density at radius 3 is 2.42 bits per heavy atom. The van der Waals surface area contributed by atoms with Gasteiger partial charge in [0.05, 0.1) is 23.9 Å². The van der Waals surface area contributed by atoms with Gasteiger partial charge in [-0.15, -0.1) is 0 Å². The monoisotopic (exact) mass is 450 g/mol. The molecule has 8 heteroatoms. The smallest absolute Gasteiger partial charge is 0.256 e.